The quantitative estimate of drug-likeness (QED) is 0.793. The summed E-state index contributed by atoms with van der Waals surface area (Å²) in [7, 11) is 0. The predicted octanol–water partition coefficient (Wildman–Crippen LogP) is 1.39. The molecule has 21 heavy (non-hydrogen) atoms. The van der Waals surface area contributed by atoms with Gasteiger partial charge in [0.25, 0.3) is 11.5 Å². The molecule has 1 amide bonds. The number of aryl methyl sites for hydroxylation is 1. The summed E-state index contributed by atoms with van der Waals surface area (Å²) in [5.74, 6) is -0.428. The van der Waals surface area contributed by atoms with Crippen molar-refractivity contribution >= 4 is 22.2 Å². The van der Waals surface area contributed by atoms with Gasteiger partial charge in [0.1, 0.15) is 5.56 Å². The molecular formula is C14H12N4O2S. The van der Waals surface area contributed by atoms with Gasteiger partial charge in [0.05, 0.1) is 0 Å². The summed E-state index contributed by atoms with van der Waals surface area (Å²) < 4.78 is 1.40. The second-order valence-electron chi connectivity index (χ2n) is 4.51. The molecule has 0 atom stereocenters. The van der Waals surface area contributed by atoms with Gasteiger partial charge in [-0.1, -0.05) is 0 Å². The monoisotopic (exact) mass is 300 g/mol. The standard InChI is InChI=1S/C14H12N4O2S/c1-9-8-18-13(20)11(7-17-14(18)21-9)12(19)16-6-10-2-4-15-5-3-10/h2-5,7-8H,6H2,1H3,(H,16,19). The number of fused-ring (bicyclic) bond motifs is 1. The Labute approximate surface area is 124 Å². The molecule has 0 aliphatic carbocycles. The van der Waals surface area contributed by atoms with E-state index in [1.54, 1.807) is 30.7 Å². The van der Waals surface area contributed by atoms with Crippen molar-refractivity contribution in [1.29, 1.82) is 0 Å². The third-order valence-corrected chi connectivity index (χ3v) is 3.88. The Balaban J connectivity index is 1.85. The fourth-order valence-corrected chi connectivity index (χ4v) is 2.71. The first-order valence-electron chi connectivity index (χ1n) is 6.30. The normalized spacial score (nSPS) is 10.7. The van der Waals surface area contributed by atoms with E-state index in [1.165, 1.54) is 21.9 Å². The fourth-order valence-electron chi connectivity index (χ4n) is 1.93. The van der Waals surface area contributed by atoms with Gasteiger partial charge in [-0.15, -0.1) is 11.3 Å². The summed E-state index contributed by atoms with van der Waals surface area (Å²) in [5, 5.41) is 2.71. The summed E-state index contributed by atoms with van der Waals surface area (Å²) in [5.41, 5.74) is 0.606. The van der Waals surface area contributed by atoms with Crippen LogP contribution in [0.5, 0.6) is 0 Å². The number of hydrogen-bond donors (Lipinski definition) is 1. The van der Waals surface area contributed by atoms with Gasteiger partial charge in [-0.05, 0) is 24.6 Å². The first-order valence-corrected chi connectivity index (χ1v) is 7.12. The van der Waals surface area contributed by atoms with Crippen LogP contribution < -0.4 is 10.9 Å². The highest BCUT2D eigenvalue weighted by atomic mass is 32.1. The molecule has 3 rings (SSSR count). The third-order valence-electron chi connectivity index (χ3n) is 2.97. The van der Waals surface area contributed by atoms with Crippen molar-refractivity contribution in [3.05, 3.63) is 63.3 Å². The van der Waals surface area contributed by atoms with Gasteiger partial charge in [0.15, 0.2) is 4.96 Å². The lowest BCUT2D eigenvalue weighted by molar-refractivity contribution is 0.0949. The van der Waals surface area contributed by atoms with Gasteiger partial charge in [-0.2, -0.15) is 0 Å². The minimum absolute atomic E-state index is 0.0411. The molecule has 3 aromatic heterocycles. The van der Waals surface area contributed by atoms with Crippen LogP contribution in [0.2, 0.25) is 0 Å². The Hall–Kier alpha value is -2.54. The molecule has 0 unspecified atom stereocenters. The largest absolute Gasteiger partial charge is 0.348 e. The Kier molecular flexibility index (Phi) is 3.49. The van der Waals surface area contributed by atoms with Crippen LogP contribution in [0.3, 0.4) is 0 Å². The van der Waals surface area contributed by atoms with Gasteiger partial charge < -0.3 is 5.32 Å². The number of pyridine rings is 1. The van der Waals surface area contributed by atoms with Gasteiger partial charge >= 0.3 is 0 Å². The Morgan fingerprint density at radius 2 is 2.14 bits per heavy atom. The van der Waals surface area contributed by atoms with E-state index in [9.17, 15) is 9.59 Å². The van der Waals surface area contributed by atoms with Crippen LogP contribution in [0.25, 0.3) is 4.96 Å². The highest BCUT2D eigenvalue weighted by molar-refractivity contribution is 7.16. The molecule has 7 heteroatoms. The maximum Gasteiger partial charge on any atom is 0.271 e. The summed E-state index contributed by atoms with van der Waals surface area (Å²) in [4.78, 5) is 34.0. The molecule has 0 aliphatic rings. The van der Waals surface area contributed by atoms with Crippen molar-refractivity contribution < 1.29 is 4.79 Å². The molecule has 0 bridgehead atoms. The molecule has 0 saturated carbocycles. The van der Waals surface area contributed by atoms with E-state index in [-0.39, 0.29) is 11.1 Å². The number of nitrogens with one attached hydrogen (secondary N) is 1. The average Bonchev–Trinajstić information content (AvgIpc) is 2.88. The maximum absolute atomic E-state index is 12.3. The predicted molar refractivity (Wildman–Crippen MR) is 79.5 cm³/mol. The topological polar surface area (TPSA) is 76.4 Å². The zero-order chi connectivity index (χ0) is 14.8. The number of thiazole rings is 1. The molecule has 1 N–H and O–H groups in total. The number of aromatic nitrogens is 3. The molecule has 106 valence electrons. The molecule has 0 spiro atoms. The van der Waals surface area contributed by atoms with Crippen molar-refractivity contribution in [2.75, 3.05) is 0 Å². The van der Waals surface area contributed by atoms with Crippen LogP contribution in [0.15, 0.2) is 41.7 Å². The zero-order valence-corrected chi connectivity index (χ0v) is 12.1. The lowest BCUT2D eigenvalue weighted by Crippen LogP contribution is -2.30. The summed E-state index contributed by atoms with van der Waals surface area (Å²) in [6, 6.07) is 3.60. The van der Waals surface area contributed by atoms with E-state index in [1.807, 2.05) is 6.92 Å². The van der Waals surface area contributed by atoms with Crippen molar-refractivity contribution in [1.82, 2.24) is 19.7 Å². The minimum Gasteiger partial charge on any atom is -0.348 e. The van der Waals surface area contributed by atoms with Gasteiger partial charge in [0, 0.05) is 36.2 Å². The van der Waals surface area contributed by atoms with Gasteiger partial charge in [-0.25, -0.2) is 4.98 Å². The van der Waals surface area contributed by atoms with E-state index in [0.29, 0.717) is 11.5 Å². The van der Waals surface area contributed by atoms with E-state index in [0.717, 1.165) is 10.4 Å². The number of hydrogen-bond acceptors (Lipinski definition) is 5. The lowest BCUT2D eigenvalue weighted by atomic mass is 10.2. The average molecular weight is 300 g/mol. The van der Waals surface area contributed by atoms with Crippen LogP contribution in [0.4, 0.5) is 0 Å². The molecule has 3 heterocycles. The molecule has 3 aromatic rings. The van der Waals surface area contributed by atoms with Crippen LogP contribution in [0.1, 0.15) is 20.8 Å². The van der Waals surface area contributed by atoms with Crippen LogP contribution in [-0.4, -0.2) is 20.3 Å². The molecule has 0 aromatic carbocycles. The molecule has 0 fully saturated rings. The van der Waals surface area contributed by atoms with Gasteiger partial charge in [0.2, 0.25) is 0 Å². The summed E-state index contributed by atoms with van der Waals surface area (Å²) >= 11 is 1.41. The summed E-state index contributed by atoms with van der Waals surface area (Å²) in [6.07, 6.45) is 6.32. The molecule has 0 radical (unpaired) electrons. The SMILES string of the molecule is Cc1cn2c(=O)c(C(=O)NCc3ccncc3)cnc2s1. The van der Waals surface area contributed by atoms with Crippen molar-refractivity contribution in [2.24, 2.45) is 0 Å². The third kappa shape index (κ3) is 2.68. The van der Waals surface area contributed by atoms with Crippen molar-refractivity contribution in [3.8, 4) is 0 Å². The first-order chi connectivity index (χ1) is 10.1. The number of amides is 1. The number of rotatable bonds is 3. The van der Waals surface area contributed by atoms with Crippen LogP contribution >= 0.6 is 11.3 Å². The van der Waals surface area contributed by atoms with E-state index in [4.69, 9.17) is 0 Å². The van der Waals surface area contributed by atoms with Crippen molar-refractivity contribution in [3.63, 3.8) is 0 Å². The van der Waals surface area contributed by atoms with E-state index >= 15 is 0 Å². The van der Waals surface area contributed by atoms with E-state index < -0.39 is 5.91 Å². The number of carbonyl (C=O) groups is 1. The van der Waals surface area contributed by atoms with Gasteiger partial charge in [-0.3, -0.25) is 19.0 Å². The number of nitrogens with zero attached hydrogens (tertiary/aromatic N) is 3. The Morgan fingerprint density at radius 1 is 1.38 bits per heavy atom. The minimum atomic E-state index is -0.428. The molecule has 6 nitrogen and oxygen atoms in total. The zero-order valence-electron chi connectivity index (χ0n) is 11.2. The van der Waals surface area contributed by atoms with Crippen LogP contribution in [0, 0.1) is 6.92 Å². The molecule has 0 saturated heterocycles. The fraction of sp³-hybridized carbons (Fsp3) is 0.143. The van der Waals surface area contributed by atoms with Crippen molar-refractivity contribution in [2.45, 2.75) is 13.5 Å². The molecule has 0 aliphatic heterocycles. The highest BCUT2D eigenvalue weighted by Gasteiger charge is 2.14. The second kappa shape index (κ2) is 5.45. The van der Waals surface area contributed by atoms with Crippen LogP contribution in [-0.2, 0) is 6.54 Å². The number of carbonyl (C=O) groups excluding carboxylic acids is 1. The maximum atomic E-state index is 12.3. The van der Waals surface area contributed by atoms with E-state index in [2.05, 4.69) is 15.3 Å². The first kappa shape index (κ1) is 13.4. The summed E-state index contributed by atoms with van der Waals surface area (Å²) in [6.45, 7) is 2.23. The Bertz CT molecular complexity index is 854. The second-order valence-corrected chi connectivity index (χ2v) is 5.72. The smallest absolute Gasteiger partial charge is 0.271 e. The lowest BCUT2D eigenvalue weighted by Gasteiger charge is -2.04. The Morgan fingerprint density at radius 3 is 2.90 bits per heavy atom. The highest BCUT2D eigenvalue weighted by Crippen LogP contribution is 2.12. The molecular weight excluding hydrogens is 288 g/mol.